The van der Waals surface area contributed by atoms with Crippen molar-refractivity contribution in [3.8, 4) is 0 Å². The molecular weight excluding hydrogens is 238 g/mol. The Labute approximate surface area is 117 Å². The number of hydrogen-bond acceptors (Lipinski definition) is 2. The van der Waals surface area contributed by atoms with Crippen LogP contribution in [0.15, 0.2) is 12.2 Å². The van der Waals surface area contributed by atoms with Gasteiger partial charge in [0, 0.05) is 6.54 Å². The molecule has 1 aliphatic heterocycles. The smallest absolute Gasteiger partial charge is 0.233 e. The van der Waals surface area contributed by atoms with Crippen LogP contribution in [0.25, 0.3) is 0 Å². The maximum atomic E-state index is 12.3. The van der Waals surface area contributed by atoms with Crippen LogP contribution in [-0.4, -0.2) is 23.3 Å². The Balaban J connectivity index is 0.000000861. The van der Waals surface area contributed by atoms with Crippen LogP contribution in [-0.2, 0) is 9.59 Å². The molecule has 1 heterocycles. The van der Waals surface area contributed by atoms with Crippen molar-refractivity contribution in [1.29, 1.82) is 0 Å². The molecule has 0 radical (unpaired) electrons. The first-order chi connectivity index (χ1) is 9.11. The molecule has 0 bridgehead atoms. The Bertz CT molecular complexity index is 362. The number of carbonyl (C=O) groups is 2. The van der Waals surface area contributed by atoms with Gasteiger partial charge in [0.1, 0.15) is 0 Å². The fourth-order valence-electron chi connectivity index (χ4n) is 3.26. The third-order valence-electron chi connectivity index (χ3n) is 4.12. The number of carbonyl (C=O) groups excluding carboxylic acids is 2. The molecule has 2 aliphatic rings. The van der Waals surface area contributed by atoms with Crippen molar-refractivity contribution in [2.75, 3.05) is 6.54 Å². The zero-order valence-corrected chi connectivity index (χ0v) is 12.8. The van der Waals surface area contributed by atoms with E-state index in [0.29, 0.717) is 6.54 Å². The van der Waals surface area contributed by atoms with E-state index in [1.54, 1.807) is 0 Å². The Hall–Kier alpha value is -1.12. The molecule has 0 spiro atoms. The van der Waals surface area contributed by atoms with Crippen molar-refractivity contribution < 1.29 is 9.59 Å². The zero-order valence-electron chi connectivity index (χ0n) is 12.8. The van der Waals surface area contributed by atoms with Crippen molar-refractivity contribution in [2.24, 2.45) is 23.7 Å². The Kier molecular flexibility index (Phi) is 5.77. The highest BCUT2D eigenvalue weighted by molar-refractivity contribution is 6.05. The Morgan fingerprint density at radius 2 is 1.63 bits per heavy atom. The van der Waals surface area contributed by atoms with Gasteiger partial charge in [-0.05, 0) is 25.2 Å². The minimum Gasteiger partial charge on any atom is -0.282 e. The second-order valence-electron chi connectivity index (χ2n) is 5.17. The monoisotopic (exact) mass is 265 g/mol. The van der Waals surface area contributed by atoms with Gasteiger partial charge in [-0.1, -0.05) is 46.3 Å². The molecule has 19 heavy (non-hydrogen) atoms. The summed E-state index contributed by atoms with van der Waals surface area (Å²) in [6.45, 7) is 10.6. The summed E-state index contributed by atoms with van der Waals surface area (Å²) in [4.78, 5) is 25.9. The lowest BCUT2D eigenvalue weighted by Crippen LogP contribution is -2.32. The Morgan fingerprint density at radius 3 is 2.16 bits per heavy atom. The van der Waals surface area contributed by atoms with Crippen LogP contribution in [0.5, 0.6) is 0 Å². The van der Waals surface area contributed by atoms with E-state index in [2.05, 4.69) is 19.1 Å². The standard InChI is InChI=1S/C14H21NO2.C2H6/c1-4-6-10-8-7-9(3)11-12(10)14(17)15(5-2)13(11)16;1-2/h7-12H,4-6H2,1-3H3;1-2H3. The molecule has 2 amide bonds. The summed E-state index contributed by atoms with van der Waals surface area (Å²) in [5.41, 5.74) is 0. The number of amides is 2. The van der Waals surface area contributed by atoms with E-state index < -0.39 is 0 Å². The number of imide groups is 1. The van der Waals surface area contributed by atoms with Gasteiger partial charge in [-0.2, -0.15) is 0 Å². The molecule has 4 atom stereocenters. The molecule has 4 unspecified atom stereocenters. The van der Waals surface area contributed by atoms with Crippen LogP contribution in [0.3, 0.4) is 0 Å². The predicted octanol–water partition coefficient (Wildman–Crippen LogP) is 3.26. The van der Waals surface area contributed by atoms with Crippen LogP contribution in [0.2, 0.25) is 0 Å². The van der Waals surface area contributed by atoms with Crippen LogP contribution < -0.4 is 0 Å². The molecule has 2 rings (SSSR count). The minimum atomic E-state index is -0.107. The molecule has 1 saturated heterocycles. The van der Waals surface area contributed by atoms with Crippen molar-refractivity contribution in [2.45, 2.75) is 47.5 Å². The van der Waals surface area contributed by atoms with Crippen LogP contribution in [0, 0.1) is 23.7 Å². The van der Waals surface area contributed by atoms with Crippen LogP contribution in [0.1, 0.15) is 47.5 Å². The second-order valence-corrected chi connectivity index (χ2v) is 5.17. The van der Waals surface area contributed by atoms with Gasteiger partial charge in [-0.25, -0.2) is 0 Å². The first kappa shape index (κ1) is 15.9. The largest absolute Gasteiger partial charge is 0.282 e. The maximum Gasteiger partial charge on any atom is 0.233 e. The summed E-state index contributed by atoms with van der Waals surface area (Å²) in [6, 6.07) is 0. The van der Waals surface area contributed by atoms with E-state index in [9.17, 15) is 9.59 Å². The van der Waals surface area contributed by atoms with Gasteiger partial charge in [0.05, 0.1) is 11.8 Å². The number of hydrogen-bond donors (Lipinski definition) is 0. The molecule has 0 aromatic carbocycles. The third kappa shape index (κ3) is 2.75. The lowest BCUT2D eigenvalue weighted by atomic mass is 9.71. The average Bonchev–Trinajstić information content (AvgIpc) is 2.68. The van der Waals surface area contributed by atoms with Gasteiger partial charge in [0.2, 0.25) is 11.8 Å². The fraction of sp³-hybridized carbons (Fsp3) is 0.750. The molecule has 1 fully saturated rings. The number of nitrogens with zero attached hydrogens (tertiary/aromatic N) is 1. The zero-order chi connectivity index (χ0) is 14.6. The Morgan fingerprint density at radius 1 is 1.05 bits per heavy atom. The van der Waals surface area contributed by atoms with E-state index in [1.807, 2.05) is 27.7 Å². The maximum absolute atomic E-state index is 12.3. The molecular formula is C16H27NO2. The first-order valence-corrected chi connectivity index (χ1v) is 7.65. The summed E-state index contributed by atoms with van der Waals surface area (Å²) in [7, 11) is 0. The summed E-state index contributed by atoms with van der Waals surface area (Å²) < 4.78 is 0. The molecule has 108 valence electrons. The third-order valence-corrected chi connectivity index (χ3v) is 4.12. The molecule has 0 aromatic rings. The van der Waals surface area contributed by atoms with Crippen molar-refractivity contribution in [1.82, 2.24) is 4.90 Å². The SMILES string of the molecule is CC.CCCC1C=CC(C)C2C(=O)N(CC)C(=O)C12. The van der Waals surface area contributed by atoms with Crippen LogP contribution in [0.4, 0.5) is 0 Å². The summed E-state index contributed by atoms with van der Waals surface area (Å²) in [5.74, 6) is 0.347. The highest BCUT2D eigenvalue weighted by Gasteiger charge is 2.52. The summed E-state index contributed by atoms with van der Waals surface area (Å²) >= 11 is 0. The summed E-state index contributed by atoms with van der Waals surface area (Å²) in [5, 5.41) is 0. The van der Waals surface area contributed by atoms with Crippen LogP contribution >= 0.6 is 0 Å². The molecule has 3 nitrogen and oxygen atoms in total. The first-order valence-electron chi connectivity index (χ1n) is 7.65. The van der Waals surface area contributed by atoms with Gasteiger partial charge in [0.25, 0.3) is 0 Å². The molecule has 0 aromatic heterocycles. The fourth-order valence-corrected chi connectivity index (χ4v) is 3.26. The van der Waals surface area contributed by atoms with E-state index in [-0.39, 0.29) is 35.5 Å². The molecule has 1 aliphatic carbocycles. The lowest BCUT2D eigenvalue weighted by molar-refractivity contribution is -0.139. The lowest BCUT2D eigenvalue weighted by Gasteiger charge is -2.29. The van der Waals surface area contributed by atoms with Crippen molar-refractivity contribution >= 4 is 11.8 Å². The van der Waals surface area contributed by atoms with Gasteiger partial charge in [0.15, 0.2) is 0 Å². The van der Waals surface area contributed by atoms with Gasteiger partial charge < -0.3 is 0 Å². The molecule has 0 N–H and O–H groups in total. The topological polar surface area (TPSA) is 37.4 Å². The highest BCUT2D eigenvalue weighted by atomic mass is 16.2. The highest BCUT2D eigenvalue weighted by Crippen LogP contribution is 2.42. The predicted molar refractivity (Wildman–Crippen MR) is 77.4 cm³/mol. The van der Waals surface area contributed by atoms with E-state index in [0.717, 1.165) is 12.8 Å². The van der Waals surface area contributed by atoms with Gasteiger partial charge >= 0.3 is 0 Å². The second kappa shape index (κ2) is 6.88. The van der Waals surface area contributed by atoms with E-state index >= 15 is 0 Å². The average molecular weight is 265 g/mol. The van der Waals surface area contributed by atoms with Gasteiger partial charge in [-0.3, -0.25) is 14.5 Å². The normalized spacial score (nSPS) is 33.0. The molecule has 3 heteroatoms. The summed E-state index contributed by atoms with van der Waals surface area (Å²) in [6.07, 6.45) is 6.33. The number of fused-ring (bicyclic) bond motifs is 1. The number of rotatable bonds is 3. The minimum absolute atomic E-state index is 0.0421. The number of likely N-dealkylation sites (tertiary alicyclic amines) is 1. The quantitative estimate of drug-likeness (QED) is 0.580. The van der Waals surface area contributed by atoms with E-state index in [1.165, 1.54) is 4.90 Å². The van der Waals surface area contributed by atoms with Crippen molar-refractivity contribution in [3.63, 3.8) is 0 Å². The van der Waals surface area contributed by atoms with Crippen molar-refractivity contribution in [3.05, 3.63) is 12.2 Å². The number of allylic oxidation sites excluding steroid dienone is 2. The van der Waals surface area contributed by atoms with Gasteiger partial charge in [-0.15, -0.1) is 0 Å². The molecule has 0 saturated carbocycles. The van der Waals surface area contributed by atoms with E-state index in [4.69, 9.17) is 0 Å².